The second kappa shape index (κ2) is 4.38. The normalized spacial score (nSPS) is 29.1. The molecule has 1 aromatic carbocycles. The molecule has 0 radical (unpaired) electrons. The number of hydrogen-bond donors (Lipinski definition) is 1. The van der Waals surface area contributed by atoms with Crippen molar-refractivity contribution in [3.8, 4) is 0 Å². The number of benzene rings is 1. The van der Waals surface area contributed by atoms with Gasteiger partial charge in [-0.25, -0.2) is 0 Å². The molecule has 1 aliphatic heterocycles. The van der Waals surface area contributed by atoms with Crippen LogP contribution in [0.3, 0.4) is 0 Å². The number of thioether (sulfide) groups is 1. The zero-order chi connectivity index (χ0) is 13.6. The van der Waals surface area contributed by atoms with Gasteiger partial charge in [-0.05, 0) is 24.8 Å². The molecule has 0 spiro atoms. The van der Waals surface area contributed by atoms with Gasteiger partial charge in [-0.15, -0.1) is 0 Å². The van der Waals surface area contributed by atoms with Crippen LogP contribution < -0.4 is 5.73 Å². The first kappa shape index (κ1) is 12.7. The van der Waals surface area contributed by atoms with E-state index in [1.807, 2.05) is 0 Å². The molecule has 1 aliphatic carbocycles. The summed E-state index contributed by atoms with van der Waals surface area (Å²) in [5.74, 6) is 1.33. The number of fused-ring (bicyclic) bond motifs is 1. The number of nitrogens with zero attached hydrogens (tertiary/aromatic N) is 2. The van der Waals surface area contributed by atoms with E-state index in [4.69, 9.17) is 17.3 Å². The molecule has 2 atom stereocenters. The fourth-order valence-electron chi connectivity index (χ4n) is 2.68. The summed E-state index contributed by atoms with van der Waals surface area (Å²) in [6.07, 6.45) is 1.88. The van der Waals surface area contributed by atoms with Crippen LogP contribution in [0.2, 0.25) is 5.02 Å². The molecule has 1 heterocycles. The van der Waals surface area contributed by atoms with Crippen LogP contribution in [0.5, 0.6) is 0 Å². The van der Waals surface area contributed by atoms with Crippen LogP contribution in [-0.4, -0.2) is 15.8 Å². The first-order valence-electron chi connectivity index (χ1n) is 5.95. The Hall–Kier alpha value is -1.27. The molecule has 0 amide bonds. The fraction of sp³-hybridized carbons (Fsp3) is 0.417. The molecule has 0 bridgehead atoms. The van der Waals surface area contributed by atoms with Crippen LogP contribution in [0.25, 0.3) is 0 Å². The zero-order valence-corrected chi connectivity index (χ0v) is 11.6. The van der Waals surface area contributed by atoms with Crippen LogP contribution in [0.4, 0.5) is 5.69 Å². The maximum absolute atomic E-state index is 10.9. The number of rotatable bonds is 2. The predicted molar refractivity (Wildman–Crippen MR) is 76.6 cm³/mol. The van der Waals surface area contributed by atoms with Crippen molar-refractivity contribution in [2.24, 2.45) is 16.6 Å². The van der Waals surface area contributed by atoms with E-state index < -0.39 is 10.5 Å². The minimum Gasteiger partial charge on any atom is -0.379 e. The van der Waals surface area contributed by atoms with Crippen LogP contribution in [-0.2, 0) is 5.54 Å². The van der Waals surface area contributed by atoms with Gasteiger partial charge in [-0.3, -0.25) is 15.1 Å². The molecule has 5 nitrogen and oxygen atoms in total. The van der Waals surface area contributed by atoms with Crippen molar-refractivity contribution < 1.29 is 4.92 Å². The van der Waals surface area contributed by atoms with Crippen LogP contribution in [0, 0.1) is 16.0 Å². The third-order valence-electron chi connectivity index (χ3n) is 3.73. The summed E-state index contributed by atoms with van der Waals surface area (Å²) in [6, 6.07) is 4.52. The first-order chi connectivity index (χ1) is 9.03. The second-order valence-corrected chi connectivity index (χ2v) is 6.36. The topological polar surface area (TPSA) is 81.5 Å². The Kier molecular flexibility index (Phi) is 2.94. The number of hydrogen-bond acceptors (Lipinski definition) is 5. The van der Waals surface area contributed by atoms with Crippen LogP contribution in [0.1, 0.15) is 18.4 Å². The van der Waals surface area contributed by atoms with E-state index in [2.05, 4.69) is 4.99 Å². The third-order valence-corrected chi connectivity index (χ3v) is 4.88. The second-order valence-electron chi connectivity index (χ2n) is 4.83. The van der Waals surface area contributed by atoms with E-state index >= 15 is 0 Å². The maximum atomic E-state index is 10.9. The Morgan fingerprint density at radius 3 is 3.11 bits per heavy atom. The average Bonchev–Trinajstić information content (AvgIpc) is 3.03. The van der Waals surface area contributed by atoms with E-state index in [-0.39, 0.29) is 5.69 Å². The summed E-state index contributed by atoms with van der Waals surface area (Å²) in [5.41, 5.74) is 6.21. The number of nitro benzene ring substituents is 1. The van der Waals surface area contributed by atoms with E-state index in [9.17, 15) is 10.1 Å². The Balaban J connectivity index is 2.09. The lowest BCUT2D eigenvalue weighted by atomic mass is 10.0. The molecular formula is C12H12ClN3O2S. The van der Waals surface area contributed by atoms with Gasteiger partial charge in [0, 0.05) is 28.5 Å². The maximum Gasteiger partial charge on any atom is 0.269 e. The van der Waals surface area contributed by atoms with Gasteiger partial charge in [0.25, 0.3) is 5.69 Å². The molecule has 2 N–H and O–H groups in total. The summed E-state index contributed by atoms with van der Waals surface area (Å²) in [4.78, 5) is 15.0. The van der Waals surface area contributed by atoms with Crippen molar-refractivity contribution in [1.82, 2.24) is 0 Å². The number of non-ortho nitro benzene ring substituents is 1. The average molecular weight is 298 g/mol. The van der Waals surface area contributed by atoms with Crippen LogP contribution >= 0.6 is 23.4 Å². The smallest absolute Gasteiger partial charge is 0.269 e. The van der Waals surface area contributed by atoms with E-state index in [0.29, 0.717) is 16.1 Å². The van der Waals surface area contributed by atoms with Crippen molar-refractivity contribution in [1.29, 1.82) is 0 Å². The Morgan fingerprint density at radius 1 is 1.58 bits per heavy atom. The Morgan fingerprint density at radius 2 is 2.37 bits per heavy atom. The highest BCUT2D eigenvalue weighted by molar-refractivity contribution is 8.13. The molecular weight excluding hydrogens is 286 g/mol. The molecule has 3 rings (SSSR count). The molecule has 1 aromatic rings. The van der Waals surface area contributed by atoms with Gasteiger partial charge < -0.3 is 5.73 Å². The number of halogens is 1. The summed E-state index contributed by atoms with van der Waals surface area (Å²) in [6.45, 7) is 0. The molecule has 1 saturated carbocycles. The lowest BCUT2D eigenvalue weighted by molar-refractivity contribution is -0.384. The predicted octanol–water partition coefficient (Wildman–Crippen LogP) is 2.92. The molecule has 19 heavy (non-hydrogen) atoms. The van der Waals surface area contributed by atoms with Crippen molar-refractivity contribution in [2.75, 3.05) is 5.75 Å². The van der Waals surface area contributed by atoms with Crippen LogP contribution in [0.15, 0.2) is 23.2 Å². The number of nitro groups is 1. The van der Waals surface area contributed by atoms with Crippen molar-refractivity contribution in [2.45, 2.75) is 18.4 Å². The van der Waals surface area contributed by atoms with Crippen molar-refractivity contribution in [3.05, 3.63) is 38.9 Å². The first-order valence-corrected chi connectivity index (χ1v) is 7.32. The Bertz CT molecular complexity index is 592. The van der Waals surface area contributed by atoms with Gasteiger partial charge in [-0.2, -0.15) is 0 Å². The lowest BCUT2D eigenvalue weighted by Crippen LogP contribution is -2.14. The van der Waals surface area contributed by atoms with Gasteiger partial charge >= 0.3 is 0 Å². The number of amidine groups is 1. The molecule has 0 aromatic heterocycles. The van der Waals surface area contributed by atoms with Crippen molar-refractivity contribution >= 4 is 34.2 Å². The fourth-order valence-corrected chi connectivity index (χ4v) is 3.80. The van der Waals surface area contributed by atoms with E-state index in [1.54, 1.807) is 6.07 Å². The molecule has 100 valence electrons. The Labute approximate surface area is 119 Å². The summed E-state index contributed by atoms with van der Waals surface area (Å²) in [5, 5.41) is 12.0. The minimum absolute atomic E-state index is 0.0464. The van der Waals surface area contributed by atoms with Crippen molar-refractivity contribution in [3.63, 3.8) is 0 Å². The number of aliphatic imine (C=N–C) groups is 1. The summed E-state index contributed by atoms with van der Waals surface area (Å²) >= 11 is 7.75. The quantitative estimate of drug-likeness (QED) is 0.672. The highest BCUT2D eigenvalue weighted by Gasteiger charge is 2.57. The standard InChI is InChI=1S/C12H12ClN3O2S/c13-10-2-1-8(16(17)18)5-9(10)12-6-7(12)3-4-19-11(14)15-12/h1-2,5,7H,3-4,6H2,(H2,14,15). The highest BCUT2D eigenvalue weighted by Crippen LogP contribution is 2.60. The van der Waals surface area contributed by atoms with E-state index in [1.165, 1.54) is 23.9 Å². The molecule has 2 aliphatic rings. The molecule has 2 unspecified atom stereocenters. The van der Waals surface area contributed by atoms with E-state index in [0.717, 1.165) is 24.2 Å². The van der Waals surface area contributed by atoms with Gasteiger partial charge in [0.05, 0.1) is 10.5 Å². The zero-order valence-electron chi connectivity index (χ0n) is 10.0. The molecule has 7 heteroatoms. The van der Waals surface area contributed by atoms with Gasteiger partial charge in [0.15, 0.2) is 5.17 Å². The van der Waals surface area contributed by atoms with Gasteiger partial charge in [0.2, 0.25) is 0 Å². The summed E-state index contributed by atoms with van der Waals surface area (Å²) < 4.78 is 0. The highest BCUT2D eigenvalue weighted by atomic mass is 35.5. The lowest BCUT2D eigenvalue weighted by Gasteiger charge is -2.14. The summed E-state index contributed by atoms with van der Waals surface area (Å²) in [7, 11) is 0. The third kappa shape index (κ3) is 2.08. The SMILES string of the molecule is NC1=NC2(c3cc([N+](=O)[O-])ccc3Cl)CC2CCS1. The minimum atomic E-state index is -0.434. The number of nitrogens with two attached hydrogens (primary N) is 1. The van der Waals surface area contributed by atoms with Gasteiger partial charge in [-0.1, -0.05) is 23.4 Å². The largest absolute Gasteiger partial charge is 0.379 e. The van der Waals surface area contributed by atoms with Gasteiger partial charge in [0.1, 0.15) is 0 Å². The molecule has 0 saturated heterocycles. The monoisotopic (exact) mass is 297 g/mol. The molecule has 1 fully saturated rings.